The lowest BCUT2D eigenvalue weighted by Gasteiger charge is -2.09. The van der Waals surface area contributed by atoms with Crippen molar-refractivity contribution in [1.29, 1.82) is 5.26 Å². The van der Waals surface area contributed by atoms with Crippen LogP contribution in [0.2, 0.25) is 0 Å². The molecule has 0 spiro atoms. The van der Waals surface area contributed by atoms with Gasteiger partial charge in [0.05, 0.1) is 17.7 Å². The molecule has 140 valence electrons. The van der Waals surface area contributed by atoms with E-state index in [4.69, 9.17) is 9.88 Å². The molecule has 0 aliphatic carbocycles. The quantitative estimate of drug-likeness (QED) is 0.487. The fourth-order valence-electron chi connectivity index (χ4n) is 2.15. The van der Waals surface area contributed by atoms with E-state index in [1.54, 1.807) is 36.4 Å². The predicted molar refractivity (Wildman–Crippen MR) is 100.0 cm³/mol. The lowest BCUT2D eigenvalue weighted by Crippen LogP contribution is -2.17. The largest absolute Gasteiger partial charge is 0.495 e. The number of carbonyl (C=O) groups excluding carboxylic acids is 1. The summed E-state index contributed by atoms with van der Waals surface area (Å²) in [4.78, 5) is 12.2. The summed E-state index contributed by atoms with van der Waals surface area (Å²) in [5, 5.41) is 19.7. The predicted octanol–water partition coefficient (Wildman–Crippen LogP) is 1.48. The van der Waals surface area contributed by atoms with Gasteiger partial charge < -0.3 is 15.4 Å². The second-order valence-corrected chi connectivity index (χ2v) is 6.96. The summed E-state index contributed by atoms with van der Waals surface area (Å²) in [6.45, 7) is 0.290. The highest BCUT2D eigenvalue weighted by atomic mass is 32.2. The van der Waals surface area contributed by atoms with Gasteiger partial charge in [-0.1, -0.05) is 24.3 Å². The molecule has 9 heteroatoms. The summed E-state index contributed by atoms with van der Waals surface area (Å²) in [7, 11) is -2.26. The summed E-state index contributed by atoms with van der Waals surface area (Å²) in [5.74, 6) is -0.106. The van der Waals surface area contributed by atoms with Gasteiger partial charge in [-0.25, -0.2) is 13.6 Å². The number of hydrogen-bond acceptors (Lipinski definition) is 6. The number of amides is 1. The van der Waals surface area contributed by atoms with Gasteiger partial charge in [0.1, 0.15) is 17.4 Å². The van der Waals surface area contributed by atoms with E-state index >= 15 is 0 Å². The van der Waals surface area contributed by atoms with Crippen molar-refractivity contribution in [3.8, 4) is 11.8 Å². The number of primary sulfonamides is 1. The standard InChI is InChI=1S/C18H18N4O4S/c1-26-17-5-3-2-4-16(17)22-18(23)14(10-19)12-21-11-13-6-8-15(9-7-13)27(20,24)25/h2-9,12,21H,11H2,1H3,(H,22,23)(H2,20,24,25)/b14-12-. The molecule has 0 bridgehead atoms. The molecule has 0 unspecified atom stereocenters. The summed E-state index contributed by atoms with van der Waals surface area (Å²) in [6, 6.07) is 14.6. The molecule has 27 heavy (non-hydrogen) atoms. The van der Waals surface area contributed by atoms with Crippen LogP contribution in [0.25, 0.3) is 0 Å². The minimum Gasteiger partial charge on any atom is -0.495 e. The lowest BCUT2D eigenvalue weighted by atomic mass is 10.2. The average molecular weight is 386 g/mol. The molecule has 8 nitrogen and oxygen atoms in total. The maximum absolute atomic E-state index is 12.2. The molecule has 2 rings (SSSR count). The molecule has 0 radical (unpaired) electrons. The number of ether oxygens (including phenoxy) is 1. The number of hydrogen-bond donors (Lipinski definition) is 3. The zero-order valence-corrected chi connectivity index (χ0v) is 15.3. The second-order valence-electron chi connectivity index (χ2n) is 5.39. The molecule has 0 aliphatic heterocycles. The van der Waals surface area contributed by atoms with Crippen LogP contribution in [0.3, 0.4) is 0 Å². The maximum Gasteiger partial charge on any atom is 0.267 e. The monoisotopic (exact) mass is 386 g/mol. The summed E-state index contributed by atoms with van der Waals surface area (Å²) in [5.41, 5.74) is 1.08. The van der Waals surface area contributed by atoms with Crippen molar-refractivity contribution in [2.24, 2.45) is 5.14 Å². The Kier molecular flexibility index (Phi) is 6.54. The van der Waals surface area contributed by atoms with Crippen molar-refractivity contribution in [2.45, 2.75) is 11.4 Å². The highest BCUT2D eigenvalue weighted by Gasteiger charge is 2.12. The highest BCUT2D eigenvalue weighted by Crippen LogP contribution is 2.23. The number of nitriles is 1. The Morgan fingerprint density at radius 3 is 2.48 bits per heavy atom. The molecular formula is C18H18N4O4S. The Hall–Kier alpha value is -3.35. The maximum atomic E-state index is 12.2. The van der Waals surface area contributed by atoms with E-state index in [0.717, 1.165) is 5.56 Å². The van der Waals surface area contributed by atoms with Crippen LogP contribution in [-0.4, -0.2) is 21.4 Å². The normalized spacial score (nSPS) is 11.4. The Morgan fingerprint density at radius 1 is 1.22 bits per heavy atom. The zero-order chi connectivity index (χ0) is 19.9. The number of nitrogens with two attached hydrogens (primary N) is 1. The third kappa shape index (κ3) is 5.57. The number of sulfonamides is 1. The van der Waals surface area contributed by atoms with Crippen molar-refractivity contribution in [3.05, 3.63) is 65.9 Å². The van der Waals surface area contributed by atoms with Crippen LogP contribution in [0.1, 0.15) is 5.56 Å². The Morgan fingerprint density at radius 2 is 1.89 bits per heavy atom. The molecule has 0 saturated heterocycles. The van der Waals surface area contributed by atoms with Gasteiger partial charge in [0.15, 0.2) is 0 Å². The van der Waals surface area contributed by atoms with Gasteiger partial charge in [-0.15, -0.1) is 0 Å². The molecular weight excluding hydrogens is 368 g/mol. The van der Waals surface area contributed by atoms with Gasteiger partial charge in [-0.3, -0.25) is 4.79 Å². The molecule has 2 aromatic carbocycles. The number of rotatable bonds is 7. The first kappa shape index (κ1) is 20.0. The number of nitrogens with one attached hydrogen (secondary N) is 2. The topological polar surface area (TPSA) is 134 Å². The first-order valence-electron chi connectivity index (χ1n) is 7.75. The molecule has 0 heterocycles. The minimum atomic E-state index is -3.74. The molecule has 0 saturated carbocycles. The van der Waals surface area contributed by atoms with Gasteiger partial charge in [-0.05, 0) is 29.8 Å². The van der Waals surface area contributed by atoms with E-state index in [0.29, 0.717) is 11.4 Å². The Labute approximate surface area is 157 Å². The number of carbonyl (C=O) groups is 1. The van der Waals surface area contributed by atoms with Crippen LogP contribution in [-0.2, 0) is 21.4 Å². The summed E-state index contributed by atoms with van der Waals surface area (Å²) >= 11 is 0. The van der Waals surface area contributed by atoms with Gasteiger partial charge in [-0.2, -0.15) is 5.26 Å². The minimum absolute atomic E-state index is 0.00990. The van der Waals surface area contributed by atoms with Crippen molar-refractivity contribution >= 4 is 21.6 Å². The average Bonchev–Trinajstić information content (AvgIpc) is 2.65. The number of methoxy groups -OCH3 is 1. The van der Waals surface area contributed by atoms with Crippen LogP contribution in [0.15, 0.2) is 65.2 Å². The van der Waals surface area contributed by atoms with Gasteiger partial charge >= 0.3 is 0 Å². The third-order valence-electron chi connectivity index (χ3n) is 3.52. The molecule has 0 aromatic heterocycles. The first-order valence-corrected chi connectivity index (χ1v) is 9.29. The van der Waals surface area contributed by atoms with Crippen molar-refractivity contribution in [2.75, 3.05) is 12.4 Å². The zero-order valence-electron chi connectivity index (χ0n) is 14.5. The van der Waals surface area contributed by atoms with Crippen molar-refractivity contribution < 1.29 is 17.9 Å². The number of nitrogens with zero attached hydrogens (tertiary/aromatic N) is 1. The molecule has 0 aliphatic rings. The lowest BCUT2D eigenvalue weighted by molar-refractivity contribution is -0.112. The van der Waals surface area contributed by atoms with Crippen molar-refractivity contribution in [1.82, 2.24) is 5.32 Å². The summed E-state index contributed by atoms with van der Waals surface area (Å²) in [6.07, 6.45) is 1.29. The van der Waals surface area contributed by atoms with E-state index < -0.39 is 15.9 Å². The van der Waals surface area contributed by atoms with E-state index in [-0.39, 0.29) is 17.0 Å². The first-order chi connectivity index (χ1) is 12.8. The Bertz CT molecular complexity index is 993. The molecule has 1 amide bonds. The third-order valence-corrected chi connectivity index (χ3v) is 4.45. The molecule has 2 aromatic rings. The van der Waals surface area contributed by atoms with Crippen LogP contribution in [0, 0.1) is 11.3 Å². The van der Waals surface area contributed by atoms with Crippen molar-refractivity contribution in [3.63, 3.8) is 0 Å². The Balaban J connectivity index is 2.01. The van der Waals surface area contributed by atoms with E-state index in [2.05, 4.69) is 10.6 Å². The van der Waals surface area contributed by atoms with Crippen LogP contribution in [0.4, 0.5) is 5.69 Å². The highest BCUT2D eigenvalue weighted by molar-refractivity contribution is 7.89. The number of benzene rings is 2. The van der Waals surface area contributed by atoms with Crippen LogP contribution >= 0.6 is 0 Å². The van der Waals surface area contributed by atoms with E-state index in [9.17, 15) is 18.5 Å². The SMILES string of the molecule is COc1ccccc1NC(=O)/C(C#N)=C\NCc1ccc(S(N)(=O)=O)cc1. The number of anilines is 1. The smallest absolute Gasteiger partial charge is 0.267 e. The summed E-state index contributed by atoms with van der Waals surface area (Å²) < 4.78 is 27.6. The molecule has 0 atom stereocenters. The van der Waals surface area contributed by atoms with E-state index in [1.807, 2.05) is 6.07 Å². The van der Waals surface area contributed by atoms with E-state index in [1.165, 1.54) is 25.4 Å². The second kappa shape index (κ2) is 8.84. The number of para-hydroxylation sites is 2. The van der Waals surface area contributed by atoms with Crippen LogP contribution < -0.4 is 20.5 Å². The van der Waals surface area contributed by atoms with Gasteiger partial charge in [0.25, 0.3) is 5.91 Å². The molecule has 4 N–H and O–H groups in total. The fraction of sp³-hybridized carbons (Fsp3) is 0.111. The van der Waals surface area contributed by atoms with Gasteiger partial charge in [0, 0.05) is 12.7 Å². The molecule has 0 fully saturated rings. The van der Waals surface area contributed by atoms with Gasteiger partial charge in [0.2, 0.25) is 10.0 Å². The van der Waals surface area contributed by atoms with Crippen LogP contribution in [0.5, 0.6) is 5.75 Å². The fourth-order valence-corrected chi connectivity index (χ4v) is 2.67.